The normalized spacial score (nSPS) is 21.3. The summed E-state index contributed by atoms with van der Waals surface area (Å²) in [6.07, 6.45) is 1.97. The molecule has 0 aliphatic carbocycles. The van der Waals surface area contributed by atoms with Crippen molar-refractivity contribution in [1.82, 2.24) is 20.6 Å². The quantitative estimate of drug-likeness (QED) is 0.355. The van der Waals surface area contributed by atoms with Crippen molar-refractivity contribution in [3.05, 3.63) is 77.6 Å². The number of hydrazine groups is 1. The zero-order valence-electron chi connectivity index (χ0n) is 18.1. The fraction of sp³-hybridized carbons (Fsp3) is 0.333. The Morgan fingerprint density at radius 1 is 1.22 bits per heavy atom. The second-order valence-electron chi connectivity index (χ2n) is 8.45. The van der Waals surface area contributed by atoms with Crippen molar-refractivity contribution in [3.8, 4) is 0 Å². The summed E-state index contributed by atoms with van der Waals surface area (Å²) in [6.45, 7) is 3.48. The van der Waals surface area contributed by atoms with E-state index in [2.05, 4.69) is 58.9 Å². The van der Waals surface area contributed by atoms with Crippen LogP contribution in [0.25, 0.3) is 10.8 Å². The van der Waals surface area contributed by atoms with Crippen LogP contribution < -0.4 is 22.2 Å². The number of nitrogens with one attached hydrogen (secondary N) is 2. The minimum Gasteiger partial charge on any atom is -0.480 e. The molecule has 2 unspecified atom stereocenters. The molecule has 0 saturated carbocycles. The molecule has 0 bridgehead atoms. The molecule has 32 heavy (non-hydrogen) atoms. The first kappa shape index (κ1) is 22.3. The first-order valence-electron chi connectivity index (χ1n) is 10.8. The summed E-state index contributed by atoms with van der Waals surface area (Å²) in [5, 5.41) is 20.5. The van der Waals surface area contributed by atoms with Gasteiger partial charge in [-0.05, 0) is 41.0 Å². The lowest BCUT2D eigenvalue weighted by molar-refractivity contribution is -0.138. The Labute approximate surface area is 187 Å². The van der Waals surface area contributed by atoms with Crippen LogP contribution in [0.1, 0.15) is 35.8 Å². The molecule has 1 saturated heterocycles. The van der Waals surface area contributed by atoms with Gasteiger partial charge in [-0.15, -0.1) is 0 Å². The van der Waals surface area contributed by atoms with Crippen LogP contribution in [0.2, 0.25) is 0 Å². The van der Waals surface area contributed by atoms with E-state index in [0.717, 1.165) is 5.56 Å². The summed E-state index contributed by atoms with van der Waals surface area (Å²) < 4.78 is 0. The van der Waals surface area contributed by atoms with E-state index in [9.17, 15) is 4.79 Å². The van der Waals surface area contributed by atoms with E-state index >= 15 is 0 Å². The molecule has 0 spiro atoms. The number of aromatic nitrogens is 1. The van der Waals surface area contributed by atoms with Gasteiger partial charge in [0.05, 0.1) is 6.17 Å². The van der Waals surface area contributed by atoms with Gasteiger partial charge in [-0.3, -0.25) is 26.3 Å². The topological polar surface area (TPSA) is 130 Å². The number of carboxylic acid groups (broad SMARTS) is 1. The minimum absolute atomic E-state index is 0.000305. The molecule has 0 radical (unpaired) electrons. The van der Waals surface area contributed by atoms with Crippen molar-refractivity contribution >= 4 is 16.7 Å². The zero-order valence-corrected chi connectivity index (χ0v) is 18.1. The van der Waals surface area contributed by atoms with Crippen LogP contribution in [0.3, 0.4) is 0 Å². The molecule has 4 rings (SSSR count). The molecule has 4 atom stereocenters. The Morgan fingerprint density at radius 3 is 2.72 bits per heavy atom. The van der Waals surface area contributed by atoms with Gasteiger partial charge < -0.3 is 10.8 Å². The van der Waals surface area contributed by atoms with Crippen LogP contribution in [0.15, 0.2) is 60.8 Å². The summed E-state index contributed by atoms with van der Waals surface area (Å²) in [7, 11) is 0. The number of carboxylic acids is 1. The smallest absolute Gasteiger partial charge is 0.320 e. The summed E-state index contributed by atoms with van der Waals surface area (Å²) in [6, 6.07) is 17.9. The number of rotatable bonds is 7. The largest absolute Gasteiger partial charge is 0.480 e. The van der Waals surface area contributed by atoms with Crippen molar-refractivity contribution in [2.75, 3.05) is 13.1 Å². The molecule has 2 heterocycles. The molecule has 0 amide bonds. The van der Waals surface area contributed by atoms with Gasteiger partial charge in [0.2, 0.25) is 0 Å². The Kier molecular flexibility index (Phi) is 6.78. The van der Waals surface area contributed by atoms with Gasteiger partial charge in [0.15, 0.2) is 0 Å². The van der Waals surface area contributed by atoms with E-state index in [1.54, 1.807) is 11.2 Å². The molecule has 1 aromatic heterocycles. The van der Waals surface area contributed by atoms with E-state index in [-0.39, 0.29) is 24.7 Å². The number of aliphatic carboxylic acids is 1. The number of hydrogen-bond donors (Lipinski definition) is 5. The predicted molar refractivity (Wildman–Crippen MR) is 124 cm³/mol. The standard InChI is InChI=1S/C24H30N6O2/c1-15(17-7-6-16-4-2-3-5-18(16)10-17)28-23-14-30(26)13-22(29-23)19-8-9-20(27-12-19)11-21(25)24(31)32/h2-10,12,15,21-23,28-29H,11,13-14,25-26H2,1H3,(H,31,32)/t15-,21+,22?,23?/m1/s1. The molecule has 2 aromatic carbocycles. The predicted octanol–water partition coefficient (Wildman–Crippen LogP) is 1.69. The first-order chi connectivity index (χ1) is 15.4. The highest BCUT2D eigenvalue weighted by Gasteiger charge is 2.27. The number of hydrogen-bond acceptors (Lipinski definition) is 7. The molecular formula is C24H30N6O2. The SMILES string of the molecule is C[C@@H](NC1CN(N)CC(c2ccc(C[C@H](N)C(=O)O)nc2)N1)c1ccc2ccccc2c1. The summed E-state index contributed by atoms with van der Waals surface area (Å²) in [5.41, 5.74) is 8.48. The van der Waals surface area contributed by atoms with Crippen LogP contribution in [0, 0.1) is 0 Å². The second-order valence-corrected chi connectivity index (χ2v) is 8.45. The van der Waals surface area contributed by atoms with Gasteiger partial charge >= 0.3 is 5.97 Å². The van der Waals surface area contributed by atoms with Gasteiger partial charge in [0, 0.05) is 43.5 Å². The van der Waals surface area contributed by atoms with E-state index in [1.165, 1.54) is 16.3 Å². The Bertz CT molecular complexity index is 1070. The van der Waals surface area contributed by atoms with Gasteiger partial charge in [-0.1, -0.05) is 42.5 Å². The first-order valence-corrected chi connectivity index (χ1v) is 10.8. The van der Waals surface area contributed by atoms with E-state index in [4.69, 9.17) is 16.7 Å². The highest BCUT2D eigenvalue weighted by Crippen LogP contribution is 2.22. The lowest BCUT2D eigenvalue weighted by atomic mass is 10.0. The van der Waals surface area contributed by atoms with Crippen molar-refractivity contribution in [2.24, 2.45) is 11.6 Å². The number of fused-ring (bicyclic) bond motifs is 1. The monoisotopic (exact) mass is 434 g/mol. The van der Waals surface area contributed by atoms with Crippen molar-refractivity contribution in [3.63, 3.8) is 0 Å². The van der Waals surface area contributed by atoms with Crippen molar-refractivity contribution in [2.45, 2.75) is 37.6 Å². The highest BCUT2D eigenvalue weighted by atomic mass is 16.4. The average Bonchev–Trinajstić information content (AvgIpc) is 2.78. The summed E-state index contributed by atoms with van der Waals surface area (Å²) in [5.74, 6) is 5.19. The van der Waals surface area contributed by atoms with Crippen LogP contribution in [0.5, 0.6) is 0 Å². The maximum absolute atomic E-state index is 11.0. The Balaban J connectivity index is 1.41. The molecule has 8 nitrogen and oxygen atoms in total. The molecule has 8 heteroatoms. The Morgan fingerprint density at radius 2 is 2.00 bits per heavy atom. The number of benzene rings is 2. The summed E-state index contributed by atoms with van der Waals surface area (Å²) in [4.78, 5) is 15.4. The van der Waals surface area contributed by atoms with Crippen molar-refractivity contribution in [1.29, 1.82) is 0 Å². The maximum atomic E-state index is 11.0. The lowest BCUT2D eigenvalue weighted by Crippen LogP contribution is -2.60. The number of carbonyl (C=O) groups is 1. The molecule has 7 N–H and O–H groups in total. The third-order valence-corrected chi connectivity index (χ3v) is 5.96. The van der Waals surface area contributed by atoms with Gasteiger partial charge in [-0.25, -0.2) is 5.01 Å². The fourth-order valence-electron chi connectivity index (χ4n) is 4.14. The number of nitrogens with zero attached hydrogens (tertiary/aromatic N) is 2. The third kappa shape index (κ3) is 5.29. The fourth-order valence-corrected chi connectivity index (χ4v) is 4.14. The second kappa shape index (κ2) is 9.72. The molecule has 3 aromatic rings. The number of piperazine rings is 1. The molecule has 1 aliphatic heterocycles. The summed E-state index contributed by atoms with van der Waals surface area (Å²) >= 11 is 0. The van der Waals surface area contributed by atoms with Gasteiger partial charge in [0.25, 0.3) is 0 Å². The molecule has 1 fully saturated rings. The zero-order chi connectivity index (χ0) is 22.7. The Hall–Kier alpha value is -2.88. The van der Waals surface area contributed by atoms with Crippen LogP contribution >= 0.6 is 0 Å². The molecular weight excluding hydrogens is 404 g/mol. The maximum Gasteiger partial charge on any atom is 0.320 e. The molecule has 168 valence electrons. The van der Waals surface area contributed by atoms with Gasteiger partial charge in [0.1, 0.15) is 6.04 Å². The van der Waals surface area contributed by atoms with E-state index in [0.29, 0.717) is 18.8 Å². The van der Waals surface area contributed by atoms with Crippen molar-refractivity contribution < 1.29 is 9.90 Å². The van der Waals surface area contributed by atoms with Crippen LogP contribution in [0.4, 0.5) is 0 Å². The average molecular weight is 435 g/mol. The molecule has 1 aliphatic rings. The number of pyridine rings is 1. The highest BCUT2D eigenvalue weighted by molar-refractivity contribution is 5.83. The van der Waals surface area contributed by atoms with E-state index < -0.39 is 12.0 Å². The third-order valence-electron chi connectivity index (χ3n) is 5.96. The minimum atomic E-state index is -1.03. The van der Waals surface area contributed by atoms with Gasteiger partial charge in [-0.2, -0.15) is 0 Å². The van der Waals surface area contributed by atoms with E-state index in [1.807, 2.05) is 18.2 Å². The lowest BCUT2D eigenvalue weighted by Gasteiger charge is -2.38. The van der Waals surface area contributed by atoms with Crippen LogP contribution in [-0.2, 0) is 11.2 Å². The van der Waals surface area contributed by atoms with Crippen LogP contribution in [-0.4, -0.2) is 46.4 Å². The number of nitrogens with two attached hydrogens (primary N) is 2.